The zero-order valence-electron chi connectivity index (χ0n) is 9.49. The maximum Gasteiger partial charge on any atom is 0.198 e. The van der Waals surface area contributed by atoms with Gasteiger partial charge in [0.2, 0.25) is 0 Å². The van der Waals surface area contributed by atoms with Crippen LogP contribution in [0.5, 0.6) is 11.5 Å². The van der Waals surface area contributed by atoms with Gasteiger partial charge in [0.25, 0.3) is 0 Å². The lowest BCUT2D eigenvalue weighted by Gasteiger charge is -2.10. The summed E-state index contributed by atoms with van der Waals surface area (Å²) in [7, 11) is 0. The van der Waals surface area contributed by atoms with E-state index in [0.29, 0.717) is 0 Å². The number of nitrogens with two attached hydrogens (primary N) is 1. The van der Waals surface area contributed by atoms with Gasteiger partial charge < -0.3 is 10.5 Å². The van der Waals surface area contributed by atoms with Crippen molar-refractivity contribution in [3.8, 4) is 11.5 Å². The molecule has 0 radical (unpaired) electrons. The van der Waals surface area contributed by atoms with Crippen molar-refractivity contribution in [3.05, 3.63) is 58.6 Å². The SMILES string of the molecule is NC(=S)c1cc(F)c(Oc2ccccc2Cl)c(F)c1. The van der Waals surface area contributed by atoms with Crippen LogP contribution in [0.2, 0.25) is 5.02 Å². The monoisotopic (exact) mass is 299 g/mol. The molecular formula is C13H8ClF2NOS. The Morgan fingerprint density at radius 1 is 1.16 bits per heavy atom. The summed E-state index contributed by atoms with van der Waals surface area (Å²) in [6.45, 7) is 0. The molecule has 0 atom stereocenters. The summed E-state index contributed by atoms with van der Waals surface area (Å²) in [5, 5.41) is 0.250. The van der Waals surface area contributed by atoms with Crippen LogP contribution in [0.25, 0.3) is 0 Å². The second-order valence-electron chi connectivity index (χ2n) is 3.67. The largest absolute Gasteiger partial charge is 0.450 e. The molecule has 0 spiro atoms. The van der Waals surface area contributed by atoms with E-state index in [4.69, 9.17) is 22.1 Å². The molecule has 0 aromatic heterocycles. The summed E-state index contributed by atoms with van der Waals surface area (Å²) in [5.74, 6) is -2.19. The quantitative estimate of drug-likeness (QED) is 0.869. The van der Waals surface area contributed by atoms with Crippen LogP contribution in [-0.4, -0.2) is 4.99 Å². The lowest BCUT2D eigenvalue weighted by molar-refractivity contribution is 0.407. The molecule has 0 fully saturated rings. The van der Waals surface area contributed by atoms with Crippen molar-refractivity contribution < 1.29 is 13.5 Å². The van der Waals surface area contributed by atoms with Gasteiger partial charge in [-0.3, -0.25) is 0 Å². The highest BCUT2D eigenvalue weighted by atomic mass is 35.5. The predicted octanol–water partition coefficient (Wildman–Crippen LogP) is 4.04. The van der Waals surface area contributed by atoms with Crippen LogP contribution in [0.15, 0.2) is 36.4 Å². The van der Waals surface area contributed by atoms with Crippen molar-refractivity contribution in [2.75, 3.05) is 0 Å². The van der Waals surface area contributed by atoms with Crippen LogP contribution in [-0.2, 0) is 0 Å². The number of thiocarbonyl (C=S) groups is 1. The minimum atomic E-state index is -0.900. The van der Waals surface area contributed by atoms with Crippen LogP contribution >= 0.6 is 23.8 Å². The molecule has 2 aromatic carbocycles. The number of para-hydroxylation sites is 1. The molecule has 0 unspecified atom stereocenters. The Bertz CT molecular complexity index is 625. The van der Waals surface area contributed by atoms with Crippen LogP contribution in [0, 0.1) is 11.6 Å². The van der Waals surface area contributed by atoms with E-state index >= 15 is 0 Å². The molecule has 0 saturated heterocycles. The van der Waals surface area contributed by atoms with E-state index in [1.807, 2.05) is 0 Å². The molecule has 6 heteroatoms. The van der Waals surface area contributed by atoms with Crippen LogP contribution in [0.4, 0.5) is 8.78 Å². The predicted molar refractivity (Wildman–Crippen MR) is 73.8 cm³/mol. The first-order valence-electron chi connectivity index (χ1n) is 5.20. The van der Waals surface area contributed by atoms with Crippen molar-refractivity contribution in [2.24, 2.45) is 5.73 Å². The van der Waals surface area contributed by atoms with Crippen molar-refractivity contribution in [2.45, 2.75) is 0 Å². The Morgan fingerprint density at radius 3 is 2.26 bits per heavy atom. The van der Waals surface area contributed by atoms with Crippen LogP contribution in [0.1, 0.15) is 5.56 Å². The van der Waals surface area contributed by atoms with Gasteiger partial charge in [0.05, 0.1) is 5.02 Å². The Labute approximate surface area is 118 Å². The molecular weight excluding hydrogens is 292 g/mol. The fourth-order valence-electron chi connectivity index (χ4n) is 1.44. The van der Waals surface area contributed by atoms with Crippen molar-refractivity contribution in [1.29, 1.82) is 0 Å². The van der Waals surface area contributed by atoms with E-state index < -0.39 is 17.4 Å². The maximum absolute atomic E-state index is 13.8. The van der Waals surface area contributed by atoms with Gasteiger partial charge in [-0.25, -0.2) is 8.78 Å². The Hall–Kier alpha value is -1.72. The van der Waals surface area contributed by atoms with Gasteiger partial charge >= 0.3 is 0 Å². The molecule has 2 rings (SSSR count). The first kappa shape index (κ1) is 13.7. The third kappa shape index (κ3) is 3.00. The molecule has 0 aliphatic carbocycles. The molecule has 2 aromatic rings. The van der Waals surface area contributed by atoms with Gasteiger partial charge in [-0.1, -0.05) is 36.0 Å². The number of halogens is 3. The van der Waals surface area contributed by atoms with E-state index in [-0.39, 0.29) is 21.3 Å². The van der Waals surface area contributed by atoms with E-state index in [1.54, 1.807) is 18.2 Å². The third-order valence-electron chi connectivity index (χ3n) is 2.33. The summed E-state index contributed by atoms with van der Waals surface area (Å²) in [6, 6.07) is 8.40. The lowest BCUT2D eigenvalue weighted by Crippen LogP contribution is -2.10. The number of hydrogen-bond acceptors (Lipinski definition) is 2. The summed E-state index contributed by atoms with van der Waals surface area (Å²) in [5.41, 5.74) is 5.41. The Kier molecular flexibility index (Phi) is 3.97. The average molecular weight is 300 g/mol. The van der Waals surface area contributed by atoms with Gasteiger partial charge in [0.1, 0.15) is 10.7 Å². The van der Waals surface area contributed by atoms with Crippen LogP contribution < -0.4 is 10.5 Å². The van der Waals surface area contributed by atoms with Gasteiger partial charge in [0.15, 0.2) is 17.4 Å². The summed E-state index contributed by atoms with van der Waals surface area (Å²) < 4.78 is 32.7. The first-order valence-corrected chi connectivity index (χ1v) is 5.99. The van der Waals surface area contributed by atoms with Gasteiger partial charge in [-0.15, -0.1) is 0 Å². The van der Waals surface area contributed by atoms with Crippen molar-refractivity contribution in [3.63, 3.8) is 0 Å². The molecule has 0 aliphatic rings. The normalized spacial score (nSPS) is 10.3. The fourth-order valence-corrected chi connectivity index (χ4v) is 1.73. The van der Waals surface area contributed by atoms with Gasteiger partial charge in [0, 0.05) is 5.56 Å². The van der Waals surface area contributed by atoms with Gasteiger partial charge in [-0.05, 0) is 24.3 Å². The molecule has 0 saturated carbocycles. The number of rotatable bonds is 3. The van der Waals surface area contributed by atoms with Crippen LogP contribution in [0.3, 0.4) is 0 Å². The highest BCUT2D eigenvalue weighted by molar-refractivity contribution is 7.80. The molecule has 0 amide bonds. The molecule has 19 heavy (non-hydrogen) atoms. The molecule has 0 aliphatic heterocycles. The van der Waals surface area contributed by atoms with E-state index in [0.717, 1.165) is 12.1 Å². The second-order valence-corrected chi connectivity index (χ2v) is 4.51. The maximum atomic E-state index is 13.8. The van der Waals surface area contributed by atoms with Gasteiger partial charge in [-0.2, -0.15) is 0 Å². The Morgan fingerprint density at radius 2 is 1.74 bits per heavy atom. The zero-order valence-corrected chi connectivity index (χ0v) is 11.1. The first-order chi connectivity index (χ1) is 8.99. The summed E-state index contributed by atoms with van der Waals surface area (Å²) in [4.78, 5) is -0.0953. The van der Waals surface area contributed by atoms with E-state index in [9.17, 15) is 8.78 Å². The number of hydrogen-bond donors (Lipinski definition) is 1. The molecule has 0 heterocycles. The smallest absolute Gasteiger partial charge is 0.198 e. The minimum absolute atomic E-state index is 0.0940. The van der Waals surface area contributed by atoms with E-state index in [1.165, 1.54) is 6.07 Å². The average Bonchev–Trinajstić information content (AvgIpc) is 2.35. The standard InChI is InChI=1S/C13H8ClF2NOS/c14-8-3-1-2-4-11(8)18-12-9(15)5-7(13(17)19)6-10(12)16/h1-6H,(H2,17,19). The zero-order chi connectivity index (χ0) is 14.0. The van der Waals surface area contributed by atoms with Crippen molar-refractivity contribution >= 4 is 28.8 Å². The molecule has 2 N–H and O–H groups in total. The fraction of sp³-hybridized carbons (Fsp3) is 0. The number of benzene rings is 2. The summed E-state index contributed by atoms with van der Waals surface area (Å²) >= 11 is 10.5. The second kappa shape index (κ2) is 5.50. The topological polar surface area (TPSA) is 35.2 Å². The minimum Gasteiger partial charge on any atom is -0.450 e. The lowest BCUT2D eigenvalue weighted by atomic mass is 10.2. The molecule has 0 bridgehead atoms. The third-order valence-corrected chi connectivity index (χ3v) is 2.88. The molecule has 2 nitrogen and oxygen atoms in total. The van der Waals surface area contributed by atoms with Crippen molar-refractivity contribution in [1.82, 2.24) is 0 Å². The highest BCUT2D eigenvalue weighted by Gasteiger charge is 2.15. The Balaban J connectivity index is 2.42. The van der Waals surface area contributed by atoms with E-state index in [2.05, 4.69) is 12.2 Å². The number of ether oxygens (including phenoxy) is 1. The molecule has 98 valence electrons. The highest BCUT2D eigenvalue weighted by Crippen LogP contribution is 2.32. The summed E-state index contributed by atoms with van der Waals surface area (Å²) in [6.07, 6.45) is 0.